The number of aromatic nitrogens is 4. The molecule has 7 rings (SSSR count). The Morgan fingerprint density at radius 3 is 0.602 bits per heavy atom. The molecule has 0 unspecified atom stereocenters. The predicted molar refractivity (Wildman–Crippen MR) is 493 cm³/mol. The van der Waals surface area contributed by atoms with Crippen LogP contribution < -0.4 is 7.16 Å². The SMILES string of the molecule is CCCCCCCCCCCCCCC1(CCCCCCCCCCCCCC)c2cc3c(cc2-c2c1c[c]([Sn]([CH2]CCC)([CH2]CCC)[CH2]CCC)c1nsnc21)C(CCCCCCCCCCCCCC)(CCCCCCCCCCCCCC)c1c[c]([Sn]([CH2]CCC)([CH2]CCC)[CH2]CCC)c2nsnc2c1-3. The van der Waals surface area contributed by atoms with Gasteiger partial charge in [0.15, 0.2) is 0 Å². The molecule has 4 nitrogen and oxygen atoms in total. The number of nitrogens with zero attached hydrogens (tertiary/aromatic N) is 4. The fraction of sp³-hybridized carbons (Fsp3) is 0.820. The molecule has 0 N–H and O–H groups in total. The van der Waals surface area contributed by atoms with Crippen LogP contribution in [0, 0.1) is 0 Å². The summed E-state index contributed by atoms with van der Waals surface area (Å²) >= 11 is -3.14. The van der Waals surface area contributed by atoms with Gasteiger partial charge >= 0.3 is 537 Å². The zero-order valence-corrected chi connectivity index (χ0v) is 80.8. The molecule has 2 aliphatic carbocycles. The van der Waals surface area contributed by atoms with E-state index in [0.29, 0.717) is 0 Å². The Morgan fingerprint density at radius 2 is 0.398 bits per heavy atom. The van der Waals surface area contributed by atoms with Crippen LogP contribution in [0.2, 0.25) is 26.6 Å². The maximum atomic E-state index is 5.80. The Kier molecular flexibility index (Phi) is 48.3. The van der Waals surface area contributed by atoms with E-state index in [-0.39, 0.29) is 10.8 Å². The average Bonchev–Trinajstić information content (AvgIpc) is 1.51. The molecule has 5 aromatic rings. The van der Waals surface area contributed by atoms with Gasteiger partial charge in [-0.05, 0) is 0 Å². The normalized spacial score (nSPS) is 13.8. The number of rotatable bonds is 72. The van der Waals surface area contributed by atoms with Crippen LogP contribution in [0.4, 0.5) is 0 Å². The van der Waals surface area contributed by atoms with E-state index in [0.717, 1.165) is 0 Å². The molecule has 0 bridgehead atoms. The van der Waals surface area contributed by atoms with Crippen molar-refractivity contribution < 1.29 is 0 Å². The van der Waals surface area contributed by atoms with Crippen molar-refractivity contribution in [1.29, 1.82) is 0 Å². The molecule has 614 valence electrons. The fourth-order valence-electron chi connectivity index (χ4n) is 21.1. The minimum absolute atomic E-state index is 0.0665. The van der Waals surface area contributed by atoms with Crippen molar-refractivity contribution in [2.45, 2.75) is 518 Å². The molecule has 8 heteroatoms. The third kappa shape index (κ3) is 28.1. The summed E-state index contributed by atoms with van der Waals surface area (Å²) in [6, 6.07) is 12.1. The molecule has 0 saturated carbocycles. The van der Waals surface area contributed by atoms with E-state index < -0.39 is 36.8 Å². The first-order chi connectivity index (χ1) is 53.2. The van der Waals surface area contributed by atoms with Crippen LogP contribution >= 0.6 is 23.5 Å². The summed E-state index contributed by atoms with van der Waals surface area (Å²) in [6.45, 7) is 24.3. The molecule has 2 aliphatic rings. The molecule has 0 amide bonds. The van der Waals surface area contributed by atoms with Gasteiger partial charge < -0.3 is 0 Å². The number of fused-ring (bicyclic) bond motifs is 10. The van der Waals surface area contributed by atoms with Gasteiger partial charge in [0, 0.05) is 0 Å². The molecule has 0 saturated heterocycles. The fourth-order valence-corrected chi connectivity index (χ4v) is 55.7. The van der Waals surface area contributed by atoms with Crippen LogP contribution in [-0.2, 0) is 10.8 Å². The second-order valence-electron chi connectivity index (χ2n) is 36.5. The molecule has 2 aromatic heterocycles. The van der Waals surface area contributed by atoms with Gasteiger partial charge in [0.2, 0.25) is 0 Å². The summed E-state index contributed by atoms with van der Waals surface area (Å²) in [5.74, 6) is 0. The molecule has 2 heterocycles. The van der Waals surface area contributed by atoms with Crippen LogP contribution in [0.5, 0.6) is 0 Å². The Hall–Kier alpha value is -1.10. The second-order valence-corrected chi connectivity index (χ2v) is 63.8. The Bertz CT molecular complexity index is 2810. The molecule has 3 aromatic carbocycles. The first kappa shape index (κ1) is 94.1. The van der Waals surface area contributed by atoms with Crippen molar-refractivity contribution >= 4 is 89.4 Å². The average molecular weight is 1730 g/mol. The molecule has 0 spiro atoms. The minimum atomic E-state index is -3.15. The molecule has 0 fully saturated rings. The van der Waals surface area contributed by atoms with E-state index in [4.69, 9.17) is 17.5 Å². The summed E-state index contributed by atoms with van der Waals surface area (Å²) in [5, 5.41) is 0. The van der Waals surface area contributed by atoms with Crippen LogP contribution in [0.3, 0.4) is 0 Å². The standard InChI is InChI=1S/C76H120N4S2.6C4H9.2Sn/c1-5-9-13-17-21-25-29-33-37-41-45-49-57-75(58-50-46-42-38-34-30-26-22-18-14-10-6-2)65-53-55-69-73(79-81-77-69)71(65)63-62-68-64(61-67(63)75)72-66(54-56-70-74(72)80-82-78-70)76(68,59-51-47-43-39-35-31-27-23-19-15-11-7-3)60-52-48-44-40-36-32-28-24-20-16-12-8-4;6*1-3-4-2;;/h53-54,61-62H,5-52,57-60H2,1-4H3;6*1,3-4H2,2H3;;. The van der Waals surface area contributed by atoms with Gasteiger partial charge in [-0.25, -0.2) is 0 Å². The molecule has 0 atom stereocenters. The summed E-state index contributed by atoms with van der Waals surface area (Å²) in [5.41, 5.74) is 18.4. The third-order valence-electron chi connectivity index (χ3n) is 27.9. The van der Waals surface area contributed by atoms with Crippen LogP contribution in [0.15, 0.2) is 24.3 Å². The van der Waals surface area contributed by atoms with Gasteiger partial charge in [-0.15, -0.1) is 0 Å². The van der Waals surface area contributed by atoms with Gasteiger partial charge in [0.1, 0.15) is 0 Å². The first-order valence-electron chi connectivity index (χ1n) is 49.0. The van der Waals surface area contributed by atoms with E-state index in [1.165, 1.54) is 460 Å². The van der Waals surface area contributed by atoms with Gasteiger partial charge in [0.05, 0.1) is 0 Å². The van der Waals surface area contributed by atoms with E-state index in [1.54, 1.807) is 68.0 Å². The number of hydrogen-bond acceptors (Lipinski definition) is 6. The van der Waals surface area contributed by atoms with Gasteiger partial charge in [0.25, 0.3) is 0 Å². The quantitative estimate of drug-likeness (QED) is 0.0288. The van der Waals surface area contributed by atoms with Crippen molar-refractivity contribution in [2.75, 3.05) is 0 Å². The molecule has 0 radical (unpaired) electrons. The maximum absolute atomic E-state index is 5.80. The van der Waals surface area contributed by atoms with Crippen molar-refractivity contribution in [3.05, 3.63) is 46.5 Å². The number of unbranched alkanes of at least 4 members (excludes halogenated alkanes) is 50. The predicted octanol–water partition coefficient (Wildman–Crippen LogP) is 34.7. The first-order valence-corrected chi connectivity index (χ1v) is 65.5. The van der Waals surface area contributed by atoms with E-state index >= 15 is 0 Å². The zero-order chi connectivity index (χ0) is 76.7. The number of hydrogen-bond donors (Lipinski definition) is 0. The molecular weight excluding hydrogens is 1560 g/mol. The Labute approximate surface area is 687 Å². The second kappa shape index (κ2) is 55.5. The molecular formula is C100H174N4S2Sn2. The Balaban J connectivity index is 1.45. The molecule has 0 aliphatic heterocycles. The number of benzene rings is 3. The van der Waals surface area contributed by atoms with Crippen molar-refractivity contribution in [3.8, 4) is 22.3 Å². The molecule has 108 heavy (non-hydrogen) atoms. The van der Waals surface area contributed by atoms with Crippen LogP contribution in [0.1, 0.15) is 502 Å². The van der Waals surface area contributed by atoms with Crippen LogP contribution in [0.25, 0.3) is 44.3 Å². The van der Waals surface area contributed by atoms with E-state index in [2.05, 4.69) is 93.5 Å². The van der Waals surface area contributed by atoms with Crippen molar-refractivity contribution in [1.82, 2.24) is 17.5 Å². The van der Waals surface area contributed by atoms with Gasteiger partial charge in [-0.2, -0.15) is 0 Å². The Morgan fingerprint density at radius 1 is 0.213 bits per heavy atom. The summed E-state index contributed by atoms with van der Waals surface area (Å²) < 4.78 is 35.5. The summed E-state index contributed by atoms with van der Waals surface area (Å²) in [6.07, 6.45) is 88.2. The summed E-state index contributed by atoms with van der Waals surface area (Å²) in [7, 11) is 0. The third-order valence-corrected chi connectivity index (χ3v) is 60.1. The summed E-state index contributed by atoms with van der Waals surface area (Å²) in [4.78, 5) is 0. The van der Waals surface area contributed by atoms with Crippen LogP contribution in [-0.4, -0.2) is 54.2 Å². The van der Waals surface area contributed by atoms with Gasteiger partial charge in [-0.1, -0.05) is 156 Å². The van der Waals surface area contributed by atoms with E-state index in [1.807, 2.05) is 7.16 Å². The van der Waals surface area contributed by atoms with Crippen molar-refractivity contribution in [3.63, 3.8) is 0 Å². The monoisotopic (exact) mass is 1740 g/mol. The topological polar surface area (TPSA) is 51.6 Å². The van der Waals surface area contributed by atoms with Gasteiger partial charge in [-0.3, -0.25) is 0 Å². The zero-order valence-electron chi connectivity index (χ0n) is 73.4. The van der Waals surface area contributed by atoms with Crippen molar-refractivity contribution in [2.24, 2.45) is 0 Å². The van der Waals surface area contributed by atoms with E-state index in [9.17, 15) is 0 Å².